The number of hydrogen-bond acceptors (Lipinski definition) is 2. The second-order valence-corrected chi connectivity index (χ2v) is 3.48. The van der Waals surface area contributed by atoms with E-state index in [4.69, 9.17) is 0 Å². The van der Waals surface area contributed by atoms with Gasteiger partial charge in [0.15, 0.2) is 0 Å². The molecule has 0 radical (unpaired) electrons. The number of unbranched alkanes of at least 4 members (excludes halogenated alkanes) is 1. The highest BCUT2D eigenvalue weighted by Crippen LogP contribution is 1.98. The molecule has 1 atom stereocenters. The van der Waals surface area contributed by atoms with Crippen molar-refractivity contribution in [3.8, 4) is 0 Å². The fraction of sp³-hybridized carbons (Fsp3) is 0.917. The highest BCUT2D eigenvalue weighted by atomic mass is 16.2. The van der Waals surface area contributed by atoms with Crippen molar-refractivity contribution in [3.63, 3.8) is 0 Å². The summed E-state index contributed by atoms with van der Waals surface area (Å²) in [6.07, 6.45) is 2.64. The summed E-state index contributed by atoms with van der Waals surface area (Å²) >= 11 is 0. The van der Waals surface area contributed by atoms with Gasteiger partial charge in [-0.1, -0.05) is 40.5 Å². The quantitative estimate of drug-likeness (QED) is 0.729. The molecule has 1 saturated heterocycles. The number of rotatable bonds is 1. The molecule has 0 aromatic carbocycles. The van der Waals surface area contributed by atoms with Crippen molar-refractivity contribution < 1.29 is 4.79 Å². The maximum Gasteiger partial charge on any atom is 0.236 e. The zero-order valence-electron chi connectivity index (χ0n) is 11.3. The van der Waals surface area contributed by atoms with Crippen molar-refractivity contribution in [2.75, 3.05) is 20.1 Å². The van der Waals surface area contributed by atoms with Crippen LogP contribution in [0.4, 0.5) is 0 Å². The number of nitrogens with zero attached hydrogens (tertiary/aromatic N) is 1. The number of carbonyl (C=O) groups excluding carboxylic acids is 1. The molecule has 1 heterocycles. The molecule has 0 spiro atoms. The van der Waals surface area contributed by atoms with Crippen molar-refractivity contribution in [3.05, 3.63) is 0 Å². The standard InChI is InChI=1S/C6H12N2O.C4H10.C2H6/c1-5-3-7-4-6(9)8(5)2;1-3-4-2;1-2/h5,7H,3-4H2,1-2H3;3-4H2,1-2H3;1-2H3. The maximum atomic E-state index is 10.9. The summed E-state index contributed by atoms with van der Waals surface area (Å²) in [5.74, 6) is 0.189. The van der Waals surface area contributed by atoms with Gasteiger partial charge in [0.25, 0.3) is 0 Å². The van der Waals surface area contributed by atoms with E-state index in [0.717, 1.165) is 6.54 Å². The summed E-state index contributed by atoms with van der Waals surface area (Å²) < 4.78 is 0. The minimum absolute atomic E-state index is 0.189. The first-order valence-corrected chi connectivity index (χ1v) is 6.09. The molecule has 0 aliphatic carbocycles. The van der Waals surface area contributed by atoms with Gasteiger partial charge in [-0.15, -0.1) is 0 Å². The van der Waals surface area contributed by atoms with E-state index in [1.165, 1.54) is 12.8 Å². The monoisotopic (exact) mass is 216 g/mol. The smallest absolute Gasteiger partial charge is 0.236 e. The minimum Gasteiger partial charge on any atom is -0.341 e. The SMILES string of the molecule is CC.CC1CNCC(=O)N1C.CCCC. The van der Waals surface area contributed by atoms with E-state index in [1.54, 1.807) is 4.90 Å². The predicted molar refractivity (Wildman–Crippen MR) is 67.0 cm³/mol. The molecule has 1 aliphatic rings. The normalized spacial score (nSPS) is 19.7. The average Bonchev–Trinajstić information content (AvgIpc) is 2.29. The van der Waals surface area contributed by atoms with Crippen LogP contribution in [0.5, 0.6) is 0 Å². The molecule has 3 nitrogen and oxygen atoms in total. The Labute approximate surface area is 95.2 Å². The molecule has 1 fully saturated rings. The summed E-state index contributed by atoms with van der Waals surface area (Å²) in [4.78, 5) is 12.6. The molecule has 1 N–H and O–H groups in total. The van der Waals surface area contributed by atoms with Crippen LogP contribution in [0.2, 0.25) is 0 Å². The van der Waals surface area contributed by atoms with Gasteiger partial charge in [-0.25, -0.2) is 0 Å². The second kappa shape index (κ2) is 11.5. The van der Waals surface area contributed by atoms with Gasteiger partial charge in [0.2, 0.25) is 5.91 Å². The number of carbonyl (C=O) groups is 1. The van der Waals surface area contributed by atoms with E-state index in [0.29, 0.717) is 12.6 Å². The number of hydrogen-bond donors (Lipinski definition) is 1. The lowest BCUT2D eigenvalue weighted by molar-refractivity contribution is -0.132. The molecule has 0 aromatic rings. The van der Waals surface area contributed by atoms with Crippen molar-refractivity contribution in [1.29, 1.82) is 0 Å². The molecule has 0 saturated carbocycles. The molecular weight excluding hydrogens is 188 g/mol. The van der Waals surface area contributed by atoms with Crippen LogP contribution < -0.4 is 5.32 Å². The minimum atomic E-state index is 0.189. The van der Waals surface area contributed by atoms with Crippen molar-refractivity contribution in [1.82, 2.24) is 10.2 Å². The van der Waals surface area contributed by atoms with Crippen LogP contribution in [0, 0.1) is 0 Å². The summed E-state index contributed by atoms with van der Waals surface area (Å²) in [6, 6.07) is 0.353. The molecule has 3 heteroatoms. The van der Waals surface area contributed by atoms with Gasteiger partial charge in [-0.2, -0.15) is 0 Å². The average molecular weight is 216 g/mol. The molecule has 1 unspecified atom stereocenters. The summed E-state index contributed by atoms with van der Waals surface area (Å²) in [5.41, 5.74) is 0. The zero-order valence-corrected chi connectivity index (χ0v) is 11.3. The van der Waals surface area contributed by atoms with Crippen molar-refractivity contribution in [2.24, 2.45) is 0 Å². The highest BCUT2D eigenvalue weighted by molar-refractivity contribution is 5.79. The highest BCUT2D eigenvalue weighted by Gasteiger charge is 2.19. The third kappa shape index (κ3) is 8.43. The molecule has 1 amide bonds. The van der Waals surface area contributed by atoms with E-state index in [-0.39, 0.29) is 5.91 Å². The number of amides is 1. The van der Waals surface area contributed by atoms with E-state index in [9.17, 15) is 4.79 Å². The van der Waals surface area contributed by atoms with Gasteiger partial charge in [-0.3, -0.25) is 4.79 Å². The van der Waals surface area contributed by atoms with Crippen LogP contribution in [-0.2, 0) is 4.79 Å². The lowest BCUT2D eigenvalue weighted by Crippen LogP contribution is -2.51. The van der Waals surface area contributed by atoms with Gasteiger partial charge in [-0.05, 0) is 6.92 Å². The Morgan fingerprint density at radius 1 is 1.33 bits per heavy atom. The molecule has 0 aromatic heterocycles. The summed E-state index contributed by atoms with van der Waals surface area (Å²) in [6.45, 7) is 11.8. The first-order chi connectivity index (χ1) is 7.13. The van der Waals surface area contributed by atoms with Crippen LogP contribution in [-0.4, -0.2) is 37.0 Å². The van der Waals surface area contributed by atoms with Crippen LogP contribution in [0.3, 0.4) is 0 Å². The molecular formula is C12H28N2O. The first-order valence-electron chi connectivity index (χ1n) is 6.09. The maximum absolute atomic E-state index is 10.9. The molecule has 1 rings (SSSR count). The number of likely N-dealkylation sites (N-methyl/N-ethyl adjacent to an activating group) is 1. The van der Waals surface area contributed by atoms with E-state index in [2.05, 4.69) is 19.2 Å². The number of piperazine rings is 1. The Hall–Kier alpha value is -0.570. The lowest BCUT2D eigenvalue weighted by Gasteiger charge is -2.29. The Balaban J connectivity index is 0. The van der Waals surface area contributed by atoms with Crippen LogP contribution in [0.15, 0.2) is 0 Å². The zero-order chi connectivity index (χ0) is 12.3. The largest absolute Gasteiger partial charge is 0.341 e. The summed E-state index contributed by atoms with van der Waals surface area (Å²) in [5, 5.41) is 3.02. The van der Waals surface area contributed by atoms with Gasteiger partial charge >= 0.3 is 0 Å². The van der Waals surface area contributed by atoms with Crippen LogP contribution in [0.1, 0.15) is 47.5 Å². The Morgan fingerprint density at radius 2 is 1.80 bits per heavy atom. The number of nitrogens with one attached hydrogen (secondary N) is 1. The molecule has 1 aliphatic heterocycles. The fourth-order valence-corrected chi connectivity index (χ4v) is 0.895. The van der Waals surface area contributed by atoms with E-state index >= 15 is 0 Å². The lowest BCUT2D eigenvalue weighted by atomic mass is 10.2. The van der Waals surface area contributed by atoms with Crippen LogP contribution >= 0.6 is 0 Å². The topological polar surface area (TPSA) is 32.3 Å². The fourth-order valence-electron chi connectivity index (χ4n) is 0.895. The van der Waals surface area contributed by atoms with Gasteiger partial charge in [0, 0.05) is 19.6 Å². The third-order valence-electron chi connectivity index (χ3n) is 2.27. The van der Waals surface area contributed by atoms with E-state index in [1.807, 2.05) is 27.8 Å². The van der Waals surface area contributed by atoms with Gasteiger partial charge < -0.3 is 10.2 Å². The Kier molecular flexibility index (Phi) is 12.9. The first kappa shape index (κ1) is 16.8. The summed E-state index contributed by atoms with van der Waals surface area (Å²) in [7, 11) is 1.84. The van der Waals surface area contributed by atoms with Crippen LogP contribution in [0.25, 0.3) is 0 Å². The van der Waals surface area contributed by atoms with Crippen molar-refractivity contribution in [2.45, 2.75) is 53.5 Å². The van der Waals surface area contributed by atoms with Gasteiger partial charge in [0.05, 0.1) is 6.54 Å². The Morgan fingerprint density at radius 3 is 2.07 bits per heavy atom. The predicted octanol–water partition coefficient (Wildman–Crippen LogP) is 2.27. The van der Waals surface area contributed by atoms with Gasteiger partial charge in [0.1, 0.15) is 0 Å². The Bertz CT molecular complexity index is 147. The molecule has 0 bridgehead atoms. The molecule has 92 valence electrons. The van der Waals surface area contributed by atoms with E-state index < -0.39 is 0 Å². The second-order valence-electron chi connectivity index (χ2n) is 3.48. The van der Waals surface area contributed by atoms with Crippen molar-refractivity contribution >= 4 is 5.91 Å². The third-order valence-corrected chi connectivity index (χ3v) is 2.27. The molecule has 15 heavy (non-hydrogen) atoms.